The summed E-state index contributed by atoms with van der Waals surface area (Å²) in [6.07, 6.45) is 1.16. The van der Waals surface area contributed by atoms with Gasteiger partial charge in [-0.05, 0) is 31.4 Å². The molecule has 96 valence electrons. The Hall–Kier alpha value is -1.29. The van der Waals surface area contributed by atoms with Crippen molar-refractivity contribution in [1.82, 2.24) is 9.78 Å². The molecule has 0 aromatic carbocycles. The van der Waals surface area contributed by atoms with Crippen LogP contribution in [0.15, 0.2) is 18.2 Å². The molecule has 0 bridgehead atoms. The van der Waals surface area contributed by atoms with E-state index in [1.54, 1.807) is 0 Å². The van der Waals surface area contributed by atoms with Crippen molar-refractivity contribution in [3.8, 4) is 10.6 Å². The zero-order chi connectivity index (χ0) is 12.7. The maximum absolute atomic E-state index is 4.80. The second-order valence-corrected chi connectivity index (χ2v) is 6.58. The molecule has 1 aliphatic heterocycles. The zero-order valence-corrected chi connectivity index (χ0v) is 11.9. The number of thiophene rings is 1. The third-order valence-corrected chi connectivity index (χ3v) is 4.58. The molecule has 2 aromatic heterocycles. The van der Waals surface area contributed by atoms with Gasteiger partial charge >= 0.3 is 0 Å². The molecule has 1 atom stereocenters. The number of hydrogen-bond donors (Lipinski definition) is 1. The van der Waals surface area contributed by atoms with Gasteiger partial charge in [0.05, 0.1) is 10.9 Å². The number of rotatable bonds is 2. The molecule has 0 saturated heterocycles. The van der Waals surface area contributed by atoms with Crippen LogP contribution in [0.1, 0.15) is 31.2 Å². The molecule has 3 rings (SSSR count). The molecule has 1 N–H and O–H groups in total. The van der Waals surface area contributed by atoms with E-state index < -0.39 is 0 Å². The average Bonchev–Trinajstić information content (AvgIpc) is 2.93. The monoisotopic (exact) mass is 261 g/mol. The van der Waals surface area contributed by atoms with Crippen LogP contribution in [0, 0.1) is 12.8 Å². The summed E-state index contributed by atoms with van der Waals surface area (Å²) in [4.78, 5) is 2.60. The summed E-state index contributed by atoms with van der Waals surface area (Å²) >= 11 is 1.81. The van der Waals surface area contributed by atoms with E-state index in [0.29, 0.717) is 12.0 Å². The fourth-order valence-corrected chi connectivity index (χ4v) is 3.38. The van der Waals surface area contributed by atoms with E-state index in [1.807, 2.05) is 11.3 Å². The predicted molar refractivity (Wildman–Crippen MR) is 77.3 cm³/mol. The summed E-state index contributed by atoms with van der Waals surface area (Å²) in [5.74, 6) is 1.80. The fourth-order valence-electron chi connectivity index (χ4n) is 2.56. The van der Waals surface area contributed by atoms with Crippen molar-refractivity contribution in [3.63, 3.8) is 0 Å². The quantitative estimate of drug-likeness (QED) is 0.887. The van der Waals surface area contributed by atoms with Gasteiger partial charge in [-0.1, -0.05) is 13.8 Å². The van der Waals surface area contributed by atoms with Gasteiger partial charge in [0.25, 0.3) is 0 Å². The van der Waals surface area contributed by atoms with Crippen molar-refractivity contribution in [2.24, 2.45) is 5.92 Å². The summed E-state index contributed by atoms with van der Waals surface area (Å²) in [5.41, 5.74) is 1.10. The van der Waals surface area contributed by atoms with Crippen LogP contribution in [0.25, 0.3) is 10.6 Å². The molecule has 3 heterocycles. The number of aromatic nitrogens is 2. The summed E-state index contributed by atoms with van der Waals surface area (Å²) in [6.45, 7) is 7.74. The Balaban J connectivity index is 2.00. The normalized spacial score (nSPS) is 18.8. The summed E-state index contributed by atoms with van der Waals surface area (Å²) in [6, 6.07) is 7.03. The first-order valence-corrected chi connectivity index (χ1v) is 7.37. The topological polar surface area (TPSA) is 29.9 Å². The summed E-state index contributed by atoms with van der Waals surface area (Å²) in [5, 5.41) is 8.25. The summed E-state index contributed by atoms with van der Waals surface area (Å²) < 4.78 is 2.18. The van der Waals surface area contributed by atoms with Crippen LogP contribution >= 0.6 is 11.3 Å². The van der Waals surface area contributed by atoms with E-state index in [9.17, 15) is 0 Å². The summed E-state index contributed by atoms with van der Waals surface area (Å²) in [7, 11) is 0. The van der Waals surface area contributed by atoms with Gasteiger partial charge in [0, 0.05) is 17.5 Å². The lowest BCUT2D eigenvalue weighted by Gasteiger charge is -2.28. The predicted octanol–water partition coefficient (Wildman–Crippen LogP) is 3.93. The molecular formula is C14H19N3S. The molecule has 0 spiro atoms. The standard InChI is InChI=1S/C14H19N3S/c1-9(2)12-6-7-15-14-8-11(16-17(12)14)13-5-4-10(3)18-13/h4-5,8-9,12,15H,6-7H2,1-3H3. The third-order valence-electron chi connectivity index (χ3n) is 3.56. The van der Waals surface area contributed by atoms with Crippen molar-refractivity contribution < 1.29 is 0 Å². The van der Waals surface area contributed by atoms with E-state index in [1.165, 1.54) is 15.6 Å². The number of fused-ring (bicyclic) bond motifs is 1. The van der Waals surface area contributed by atoms with Crippen molar-refractivity contribution in [2.75, 3.05) is 11.9 Å². The van der Waals surface area contributed by atoms with Gasteiger partial charge in [0.1, 0.15) is 11.5 Å². The van der Waals surface area contributed by atoms with E-state index in [-0.39, 0.29) is 0 Å². The fraction of sp³-hybridized carbons (Fsp3) is 0.500. The van der Waals surface area contributed by atoms with Crippen molar-refractivity contribution in [1.29, 1.82) is 0 Å². The van der Waals surface area contributed by atoms with Crippen LogP contribution in [-0.4, -0.2) is 16.3 Å². The number of aryl methyl sites for hydroxylation is 1. The van der Waals surface area contributed by atoms with Crippen LogP contribution in [0.2, 0.25) is 0 Å². The Morgan fingerprint density at radius 1 is 1.44 bits per heavy atom. The lowest BCUT2D eigenvalue weighted by Crippen LogP contribution is -2.26. The molecule has 3 nitrogen and oxygen atoms in total. The molecule has 18 heavy (non-hydrogen) atoms. The molecule has 1 unspecified atom stereocenters. The molecule has 0 aliphatic carbocycles. The first-order valence-electron chi connectivity index (χ1n) is 6.55. The molecule has 0 radical (unpaired) electrons. The Bertz CT molecular complexity index is 553. The minimum atomic E-state index is 0.524. The molecule has 4 heteroatoms. The van der Waals surface area contributed by atoms with E-state index in [4.69, 9.17) is 5.10 Å². The Kier molecular flexibility index (Phi) is 2.90. The Morgan fingerprint density at radius 2 is 2.28 bits per heavy atom. The zero-order valence-electron chi connectivity index (χ0n) is 11.1. The Labute approximate surface area is 112 Å². The number of hydrogen-bond acceptors (Lipinski definition) is 3. The minimum absolute atomic E-state index is 0.524. The highest BCUT2D eigenvalue weighted by Gasteiger charge is 2.24. The van der Waals surface area contributed by atoms with Gasteiger partial charge < -0.3 is 5.32 Å². The Morgan fingerprint density at radius 3 is 2.94 bits per heavy atom. The maximum atomic E-state index is 4.80. The maximum Gasteiger partial charge on any atom is 0.125 e. The first-order chi connectivity index (χ1) is 8.65. The van der Waals surface area contributed by atoms with Crippen molar-refractivity contribution in [2.45, 2.75) is 33.2 Å². The van der Waals surface area contributed by atoms with E-state index >= 15 is 0 Å². The van der Waals surface area contributed by atoms with Gasteiger partial charge in [-0.2, -0.15) is 5.10 Å². The lowest BCUT2D eigenvalue weighted by atomic mass is 10.00. The molecule has 0 amide bonds. The van der Waals surface area contributed by atoms with Crippen LogP contribution in [0.5, 0.6) is 0 Å². The van der Waals surface area contributed by atoms with Crippen LogP contribution < -0.4 is 5.32 Å². The highest BCUT2D eigenvalue weighted by molar-refractivity contribution is 7.15. The van der Waals surface area contributed by atoms with Gasteiger partial charge in [-0.15, -0.1) is 11.3 Å². The second kappa shape index (κ2) is 4.43. The smallest absolute Gasteiger partial charge is 0.125 e. The third kappa shape index (κ3) is 1.94. The van der Waals surface area contributed by atoms with Crippen LogP contribution in [-0.2, 0) is 0 Å². The highest BCUT2D eigenvalue weighted by atomic mass is 32.1. The molecule has 1 aliphatic rings. The van der Waals surface area contributed by atoms with Gasteiger partial charge in [0.15, 0.2) is 0 Å². The minimum Gasteiger partial charge on any atom is -0.370 e. The number of nitrogens with zero attached hydrogens (tertiary/aromatic N) is 2. The molecule has 0 saturated carbocycles. The number of nitrogens with one attached hydrogen (secondary N) is 1. The second-order valence-electron chi connectivity index (χ2n) is 5.30. The average molecular weight is 261 g/mol. The van der Waals surface area contributed by atoms with Crippen LogP contribution in [0.4, 0.5) is 5.82 Å². The van der Waals surface area contributed by atoms with E-state index in [2.05, 4.69) is 49.0 Å². The van der Waals surface area contributed by atoms with Crippen molar-refractivity contribution in [3.05, 3.63) is 23.1 Å². The van der Waals surface area contributed by atoms with Crippen molar-refractivity contribution >= 4 is 17.2 Å². The largest absolute Gasteiger partial charge is 0.370 e. The lowest BCUT2D eigenvalue weighted by molar-refractivity contribution is 0.323. The highest BCUT2D eigenvalue weighted by Crippen LogP contribution is 2.34. The van der Waals surface area contributed by atoms with E-state index in [0.717, 1.165) is 18.7 Å². The first kappa shape index (κ1) is 11.8. The molecule has 0 fully saturated rings. The molecular weight excluding hydrogens is 242 g/mol. The van der Waals surface area contributed by atoms with Gasteiger partial charge in [0.2, 0.25) is 0 Å². The van der Waals surface area contributed by atoms with Crippen LogP contribution in [0.3, 0.4) is 0 Å². The SMILES string of the molecule is Cc1ccc(-c2cc3n(n2)C(C(C)C)CCN3)s1. The van der Waals surface area contributed by atoms with Gasteiger partial charge in [-0.25, -0.2) is 4.68 Å². The van der Waals surface area contributed by atoms with Gasteiger partial charge in [-0.3, -0.25) is 0 Å². The number of anilines is 1. The molecule has 2 aromatic rings.